The highest BCUT2D eigenvalue weighted by atomic mass is 19.1. The fraction of sp³-hybridized carbons (Fsp3) is 0.188. The maximum atomic E-state index is 13.4. The molecule has 0 radical (unpaired) electrons. The van der Waals surface area contributed by atoms with Crippen LogP contribution in [0.3, 0.4) is 0 Å². The van der Waals surface area contributed by atoms with Gasteiger partial charge in [-0.2, -0.15) is 0 Å². The number of amides is 1. The van der Waals surface area contributed by atoms with Crippen molar-refractivity contribution in [3.05, 3.63) is 71.0 Å². The number of halogens is 1. The molecule has 0 saturated heterocycles. The van der Waals surface area contributed by atoms with Gasteiger partial charge in [0.1, 0.15) is 5.82 Å². The van der Waals surface area contributed by atoms with Gasteiger partial charge in [-0.25, -0.2) is 4.39 Å². The molecule has 0 aliphatic heterocycles. The fourth-order valence-electron chi connectivity index (χ4n) is 1.84. The summed E-state index contributed by atoms with van der Waals surface area (Å²) in [5, 5.41) is 2.85. The Kier molecular flexibility index (Phi) is 3.95. The molecule has 2 aromatic carbocycles. The predicted molar refractivity (Wildman–Crippen MR) is 73.5 cm³/mol. The third-order valence-corrected chi connectivity index (χ3v) is 3.08. The largest absolute Gasteiger partial charge is 0.346 e. The maximum absolute atomic E-state index is 13.4. The summed E-state index contributed by atoms with van der Waals surface area (Å²) >= 11 is 0. The molecule has 0 aliphatic carbocycles. The van der Waals surface area contributed by atoms with Crippen molar-refractivity contribution in [3.63, 3.8) is 0 Å². The fourth-order valence-corrected chi connectivity index (χ4v) is 1.84. The van der Waals surface area contributed by atoms with Crippen molar-refractivity contribution in [1.82, 2.24) is 5.32 Å². The summed E-state index contributed by atoms with van der Waals surface area (Å²) < 4.78 is 13.4. The quantitative estimate of drug-likeness (QED) is 0.893. The molecule has 2 nitrogen and oxygen atoms in total. The Hall–Kier alpha value is -2.16. The van der Waals surface area contributed by atoms with Gasteiger partial charge in [-0.3, -0.25) is 4.79 Å². The third kappa shape index (κ3) is 3.19. The number of aryl methyl sites for hydroxylation is 1. The van der Waals surface area contributed by atoms with Crippen LogP contribution in [-0.4, -0.2) is 5.91 Å². The van der Waals surface area contributed by atoms with Crippen LogP contribution in [0.4, 0.5) is 4.39 Å². The maximum Gasteiger partial charge on any atom is 0.251 e. The second kappa shape index (κ2) is 5.65. The van der Waals surface area contributed by atoms with Gasteiger partial charge in [0.15, 0.2) is 0 Å². The molecule has 2 aromatic rings. The van der Waals surface area contributed by atoms with E-state index in [0.29, 0.717) is 11.1 Å². The summed E-state index contributed by atoms with van der Waals surface area (Å²) in [4.78, 5) is 12.0. The number of hydrogen-bond acceptors (Lipinski definition) is 1. The summed E-state index contributed by atoms with van der Waals surface area (Å²) in [6, 6.07) is 14.0. The van der Waals surface area contributed by atoms with Crippen LogP contribution < -0.4 is 5.32 Å². The number of hydrogen-bond donors (Lipinski definition) is 1. The van der Waals surface area contributed by atoms with E-state index in [1.165, 1.54) is 6.07 Å². The normalized spacial score (nSPS) is 11.9. The molecule has 19 heavy (non-hydrogen) atoms. The van der Waals surface area contributed by atoms with Crippen molar-refractivity contribution < 1.29 is 9.18 Å². The highest BCUT2D eigenvalue weighted by Crippen LogP contribution is 2.14. The number of carbonyl (C=O) groups excluding carboxylic acids is 1. The van der Waals surface area contributed by atoms with Crippen molar-refractivity contribution in [2.24, 2.45) is 0 Å². The summed E-state index contributed by atoms with van der Waals surface area (Å²) in [6.45, 7) is 3.57. The summed E-state index contributed by atoms with van der Waals surface area (Å²) in [7, 11) is 0. The minimum absolute atomic E-state index is 0.113. The highest BCUT2D eigenvalue weighted by molar-refractivity contribution is 5.94. The molecule has 0 heterocycles. The first kappa shape index (κ1) is 13.3. The Morgan fingerprint density at radius 2 is 1.84 bits per heavy atom. The number of carbonyl (C=O) groups is 1. The van der Waals surface area contributed by atoms with Crippen LogP contribution in [-0.2, 0) is 0 Å². The molecule has 1 N–H and O–H groups in total. The molecule has 98 valence electrons. The van der Waals surface area contributed by atoms with Gasteiger partial charge in [-0.1, -0.05) is 36.4 Å². The SMILES string of the molecule is Cc1ccc(C(=O)N[C@H](C)c2ccccc2)cc1F. The molecule has 0 aromatic heterocycles. The smallest absolute Gasteiger partial charge is 0.251 e. The Balaban J connectivity index is 2.11. The van der Waals surface area contributed by atoms with E-state index >= 15 is 0 Å². The molecule has 3 heteroatoms. The molecule has 0 spiro atoms. The van der Waals surface area contributed by atoms with Crippen molar-refractivity contribution in [3.8, 4) is 0 Å². The van der Waals surface area contributed by atoms with Crippen LogP contribution in [0.5, 0.6) is 0 Å². The monoisotopic (exact) mass is 257 g/mol. The van der Waals surface area contributed by atoms with Crippen LogP contribution in [0.15, 0.2) is 48.5 Å². The minimum Gasteiger partial charge on any atom is -0.346 e. The van der Waals surface area contributed by atoms with Gasteiger partial charge < -0.3 is 5.32 Å². The number of nitrogens with one attached hydrogen (secondary N) is 1. The minimum atomic E-state index is -0.361. The summed E-state index contributed by atoms with van der Waals surface area (Å²) in [5.41, 5.74) is 1.89. The Morgan fingerprint density at radius 1 is 1.16 bits per heavy atom. The van der Waals surface area contributed by atoms with Gasteiger partial charge in [0.25, 0.3) is 5.91 Å². The standard InChI is InChI=1S/C16H16FNO/c1-11-8-9-14(10-15(11)17)16(19)18-12(2)13-6-4-3-5-7-13/h3-10,12H,1-2H3,(H,18,19)/t12-/m1/s1. The highest BCUT2D eigenvalue weighted by Gasteiger charge is 2.12. The molecule has 0 aliphatic rings. The van der Waals surface area contributed by atoms with Crippen LogP contribution >= 0.6 is 0 Å². The third-order valence-electron chi connectivity index (χ3n) is 3.08. The Bertz CT molecular complexity index is 581. The summed E-state index contributed by atoms with van der Waals surface area (Å²) in [5.74, 6) is -0.629. The first-order valence-electron chi connectivity index (χ1n) is 6.20. The van der Waals surface area contributed by atoms with Crippen molar-refractivity contribution in [2.45, 2.75) is 19.9 Å². The van der Waals surface area contributed by atoms with E-state index in [9.17, 15) is 9.18 Å². The molecule has 0 bridgehead atoms. The molecular formula is C16H16FNO. The second-order valence-corrected chi connectivity index (χ2v) is 4.57. The lowest BCUT2D eigenvalue weighted by molar-refractivity contribution is 0.0939. The average molecular weight is 257 g/mol. The van der Waals surface area contributed by atoms with Crippen LogP contribution in [0.25, 0.3) is 0 Å². The molecule has 0 saturated carbocycles. The van der Waals surface area contributed by atoms with E-state index in [2.05, 4.69) is 5.32 Å². The number of benzene rings is 2. The van der Waals surface area contributed by atoms with Crippen LogP contribution in [0, 0.1) is 12.7 Å². The van der Waals surface area contributed by atoms with Crippen molar-refractivity contribution in [2.75, 3.05) is 0 Å². The van der Waals surface area contributed by atoms with Gasteiger partial charge in [0, 0.05) is 5.56 Å². The predicted octanol–water partition coefficient (Wildman–Crippen LogP) is 3.63. The molecule has 0 unspecified atom stereocenters. The summed E-state index contributed by atoms with van der Waals surface area (Å²) in [6.07, 6.45) is 0. The van der Waals surface area contributed by atoms with E-state index in [-0.39, 0.29) is 17.8 Å². The second-order valence-electron chi connectivity index (χ2n) is 4.57. The van der Waals surface area contributed by atoms with Crippen LogP contribution in [0.1, 0.15) is 34.5 Å². The van der Waals surface area contributed by atoms with E-state index in [0.717, 1.165) is 5.56 Å². The van der Waals surface area contributed by atoms with Gasteiger partial charge in [0.2, 0.25) is 0 Å². The van der Waals surface area contributed by atoms with Crippen molar-refractivity contribution in [1.29, 1.82) is 0 Å². The molecule has 2 rings (SSSR count). The van der Waals surface area contributed by atoms with E-state index in [4.69, 9.17) is 0 Å². The van der Waals surface area contributed by atoms with Gasteiger partial charge in [0.05, 0.1) is 6.04 Å². The molecule has 1 amide bonds. The zero-order valence-corrected chi connectivity index (χ0v) is 11.0. The first-order valence-corrected chi connectivity index (χ1v) is 6.20. The molecular weight excluding hydrogens is 241 g/mol. The van der Waals surface area contributed by atoms with Gasteiger partial charge in [-0.05, 0) is 37.1 Å². The zero-order valence-electron chi connectivity index (χ0n) is 11.0. The lowest BCUT2D eigenvalue weighted by Gasteiger charge is -2.14. The Morgan fingerprint density at radius 3 is 2.47 bits per heavy atom. The average Bonchev–Trinajstić information content (AvgIpc) is 2.42. The lowest BCUT2D eigenvalue weighted by Crippen LogP contribution is -2.26. The molecule has 0 fully saturated rings. The van der Waals surface area contributed by atoms with Crippen LogP contribution in [0.2, 0.25) is 0 Å². The van der Waals surface area contributed by atoms with E-state index in [1.54, 1.807) is 19.1 Å². The van der Waals surface area contributed by atoms with E-state index < -0.39 is 0 Å². The van der Waals surface area contributed by atoms with Gasteiger partial charge >= 0.3 is 0 Å². The zero-order chi connectivity index (χ0) is 13.8. The van der Waals surface area contributed by atoms with E-state index in [1.807, 2.05) is 37.3 Å². The lowest BCUT2D eigenvalue weighted by atomic mass is 10.1. The Labute approximate surface area is 112 Å². The van der Waals surface area contributed by atoms with Gasteiger partial charge in [-0.15, -0.1) is 0 Å². The first-order chi connectivity index (χ1) is 9.08. The number of rotatable bonds is 3. The topological polar surface area (TPSA) is 29.1 Å². The van der Waals surface area contributed by atoms with Crippen molar-refractivity contribution >= 4 is 5.91 Å². The molecule has 1 atom stereocenters.